The number of methoxy groups -OCH3 is 2. The lowest BCUT2D eigenvalue weighted by Gasteiger charge is -2.13. The first-order chi connectivity index (χ1) is 16.5. The number of hydrogen-bond donors (Lipinski definition) is 0. The molecule has 0 fully saturated rings. The normalized spacial score (nSPS) is 11.2. The molecule has 0 heterocycles. The number of nitriles is 1. The van der Waals surface area contributed by atoms with Crippen molar-refractivity contribution in [1.82, 2.24) is 0 Å². The standard InChI is InChI=1S/C28H21Br2NO3/c1-32-26-11-10-20(15-27(26)33-2)22(16-31)12-18-13-24(29)28(25(30)14-18)34-17-21-8-5-7-19-6-3-4-9-23(19)21/h3-15H,17H2,1-2H3/b22-12+. The van der Waals surface area contributed by atoms with Gasteiger partial charge in [-0.1, -0.05) is 42.5 Å². The van der Waals surface area contributed by atoms with Gasteiger partial charge in [-0.15, -0.1) is 0 Å². The van der Waals surface area contributed by atoms with Crippen LogP contribution in [0.3, 0.4) is 0 Å². The number of benzene rings is 4. The Balaban J connectivity index is 1.60. The van der Waals surface area contributed by atoms with Crippen molar-refractivity contribution in [2.24, 2.45) is 0 Å². The van der Waals surface area contributed by atoms with Crippen LogP contribution in [0.5, 0.6) is 17.2 Å². The largest absolute Gasteiger partial charge is 0.493 e. The Kier molecular flexibility index (Phi) is 7.56. The topological polar surface area (TPSA) is 51.5 Å². The van der Waals surface area contributed by atoms with E-state index >= 15 is 0 Å². The molecule has 0 saturated carbocycles. The Morgan fingerprint density at radius 2 is 1.59 bits per heavy atom. The second kappa shape index (κ2) is 10.8. The van der Waals surface area contributed by atoms with Gasteiger partial charge in [0, 0.05) is 0 Å². The summed E-state index contributed by atoms with van der Waals surface area (Å²) in [6.45, 7) is 0.433. The molecule has 170 valence electrons. The minimum Gasteiger partial charge on any atom is -0.493 e. The van der Waals surface area contributed by atoms with Crippen LogP contribution in [0.2, 0.25) is 0 Å². The summed E-state index contributed by atoms with van der Waals surface area (Å²) >= 11 is 7.25. The first-order valence-corrected chi connectivity index (χ1v) is 12.1. The lowest BCUT2D eigenvalue weighted by molar-refractivity contribution is 0.303. The van der Waals surface area contributed by atoms with Crippen molar-refractivity contribution in [3.63, 3.8) is 0 Å². The van der Waals surface area contributed by atoms with Gasteiger partial charge in [0.1, 0.15) is 12.4 Å². The first kappa shape index (κ1) is 23.9. The van der Waals surface area contributed by atoms with Gasteiger partial charge < -0.3 is 14.2 Å². The highest BCUT2D eigenvalue weighted by molar-refractivity contribution is 9.11. The summed E-state index contributed by atoms with van der Waals surface area (Å²) in [5.74, 6) is 1.89. The van der Waals surface area contributed by atoms with Gasteiger partial charge in [-0.3, -0.25) is 0 Å². The molecule has 4 aromatic rings. The van der Waals surface area contributed by atoms with Crippen LogP contribution in [-0.4, -0.2) is 14.2 Å². The SMILES string of the molecule is COc1ccc(/C(C#N)=C/c2cc(Br)c(OCc3cccc4ccccc34)c(Br)c2)cc1OC. The molecule has 0 unspecified atom stereocenters. The molecule has 0 aliphatic carbocycles. The number of ether oxygens (including phenoxy) is 3. The Morgan fingerprint density at radius 1 is 0.882 bits per heavy atom. The second-order valence-corrected chi connectivity index (χ2v) is 9.19. The van der Waals surface area contributed by atoms with Gasteiger partial charge in [0.15, 0.2) is 11.5 Å². The van der Waals surface area contributed by atoms with E-state index in [4.69, 9.17) is 14.2 Å². The van der Waals surface area contributed by atoms with Crippen molar-refractivity contribution < 1.29 is 14.2 Å². The number of fused-ring (bicyclic) bond motifs is 1. The molecule has 0 aliphatic rings. The van der Waals surface area contributed by atoms with E-state index in [-0.39, 0.29) is 0 Å². The molecular weight excluding hydrogens is 558 g/mol. The van der Waals surface area contributed by atoms with Crippen LogP contribution in [0.1, 0.15) is 16.7 Å². The van der Waals surface area contributed by atoms with Gasteiger partial charge >= 0.3 is 0 Å². The summed E-state index contributed by atoms with van der Waals surface area (Å²) in [4.78, 5) is 0. The maximum Gasteiger partial charge on any atom is 0.161 e. The molecule has 4 rings (SSSR count). The van der Waals surface area contributed by atoms with E-state index in [2.05, 4.69) is 62.2 Å². The van der Waals surface area contributed by atoms with E-state index in [1.165, 1.54) is 10.8 Å². The predicted octanol–water partition coefficient (Wildman–Crippen LogP) is 8.03. The molecule has 0 atom stereocenters. The molecule has 0 aliphatic heterocycles. The molecule has 34 heavy (non-hydrogen) atoms. The Morgan fingerprint density at radius 3 is 2.29 bits per heavy atom. The van der Waals surface area contributed by atoms with Crippen molar-refractivity contribution >= 4 is 54.3 Å². The van der Waals surface area contributed by atoms with Crippen LogP contribution in [-0.2, 0) is 6.61 Å². The van der Waals surface area contributed by atoms with E-state index in [0.717, 1.165) is 25.6 Å². The van der Waals surface area contributed by atoms with E-state index < -0.39 is 0 Å². The van der Waals surface area contributed by atoms with Crippen molar-refractivity contribution in [2.45, 2.75) is 6.61 Å². The number of hydrogen-bond acceptors (Lipinski definition) is 4. The number of halogens is 2. The van der Waals surface area contributed by atoms with Crippen LogP contribution < -0.4 is 14.2 Å². The third-order valence-corrected chi connectivity index (χ3v) is 6.58. The highest BCUT2D eigenvalue weighted by Crippen LogP contribution is 2.37. The molecular formula is C28H21Br2NO3. The molecule has 0 N–H and O–H groups in total. The third kappa shape index (κ3) is 5.11. The molecule has 0 radical (unpaired) electrons. The fraction of sp³-hybridized carbons (Fsp3) is 0.107. The average molecular weight is 579 g/mol. The Labute approximate surface area is 215 Å². The van der Waals surface area contributed by atoms with Crippen molar-refractivity contribution in [1.29, 1.82) is 5.26 Å². The highest BCUT2D eigenvalue weighted by atomic mass is 79.9. The first-order valence-electron chi connectivity index (χ1n) is 10.5. The Hall–Kier alpha value is -3.27. The highest BCUT2D eigenvalue weighted by Gasteiger charge is 2.12. The fourth-order valence-corrected chi connectivity index (χ4v) is 5.17. The predicted molar refractivity (Wildman–Crippen MR) is 143 cm³/mol. The third-order valence-electron chi connectivity index (χ3n) is 5.40. The van der Waals surface area contributed by atoms with Crippen LogP contribution in [0, 0.1) is 11.3 Å². The minimum atomic E-state index is 0.433. The summed E-state index contributed by atoms with van der Waals surface area (Å²) < 4.78 is 18.4. The maximum absolute atomic E-state index is 9.78. The van der Waals surface area contributed by atoms with Gasteiger partial charge in [0.05, 0.1) is 34.8 Å². The molecule has 0 saturated heterocycles. The lowest BCUT2D eigenvalue weighted by atomic mass is 10.0. The number of nitrogens with zero attached hydrogens (tertiary/aromatic N) is 1. The quantitative estimate of drug-likeness (QED) is 0.164. The summed E-state index contributed by atoms with van der Waals surface area (Å²) in [5, 5.41) is 12.1. The van der Waals surface area contributed by atoms with Crippen molar-refractivity contribution in [3.05, 3.63) is 98.4 Å². The number of allylic oxidation sites excluding steroid dienone is 1. The van der Waals surface area contributed by atoms with Crippen molar-refractivity contribution in [2.75, 3.05) is 14.2 Å². The second-order valence-electron chi connectivity index (χ2n) is 7.48. The molecule has 0 aromatic heterocycles. The fourth-order valence-electron chi connectivity index (χ4n) is 3.72. The van der Waals surface area contributed by atoms with E-state index in [1.54, 1.807) is 26.4 Å². The molecule has 0 bridgehead atoms. The van der Waals surface area contributed by atoms with Crippen LogP contribution in [0.15, 0.2) is 81.7 Å². The van der Waals surface area contributed by atoms with Crippen LogP contribution >= 0.6 is 31.9 Å². The van der Waals surface area contributed by atoms with E-state index in [0.29, 0.717) is 29.4 Å². The van der Waals surface area contributed by atoms with E-state index in [9.17, 15) is 5.26 Å². The van der Waals surface area contributed by atoms with E-state index in [1.807, 2.05) is 42.5 Å². The van der Waals surface area contributed by atoms with Gasteiger partial charge in [-0.2, -0.15) is 5.26 Å². The zero-order valence-corrected chi connectivity index (χ0v) is 21.8. The van der Waals surface area contributed by atoms with Crippen molar-refractivity contribution in [3.8, 4) is 23.3 Å². The molecule has 0 spiro atoms. The smallest absolute Gasteiger partial charge is 0.161 e. The van der Waals surface area contributed by atoms with Gasteiger partial charge in [0.25, 0.3) is 0 Å². The summed E-state index contributed by atoms with van der Waals surface area (Å²) in [5.41, 5.74) is 3.21. The van der Waals surface area contributed by atoms with Crippen LogP contribution in [0.25, 0.3) is 22.4 Å². The summed E-state index contributed by atoms with van der Waals surface area (Å²) in [6.07, 6.45) is 1.82. The molecule has 0 amide bonds. The zero-order chi connectivity index (χ0) is 24.1. The monoisotopic (exact) mass is 577 g/mol. The Bertz CT molecular complexity index is 1390. The molecule has 6 heteroatoms. The minimum absolute atomic E-state index is 0.433. The average Bonchev–Trinajstić information content (AvgIpc) is 2.86. The summed E-state index contributed by atoms with van der Waals surface area (Å²) in [7, 11) is 3.15. The maximum atomic E-state index is 9.78. The van der Waals surface area contributed by atoms with Crippen LogP contribution in [0.4, 0.5) is 0 Å². The van der Waals surface area contributed by atoms with Gasteiger partial charge in [-0.05, 0) is 95.7 Å². The number of rotatable bonds is 7. The van der Waals surface area contributed by atoms with Gasteiger partial charge in [-0.25, -0.2) is 0 Å². The lowest BCUT2D eigenvalue weighted by Crippen LogP contribution is -1.98. The molecule has 4 nitrogen and oxygen atoms in total. The molecule has 4 aromatic carbocycles. The zero-order valence-electron chi connectivity index (χ0n) is 18.6. The summed E-state index contributed by atoms with van der Waals surface area (Å²) in [6, 6.07) is 26.0. The van der Waals surface area contributed by atoms with Gasteiger partial charge in [0.2, 0.25) is 0 Å².